The first-order valence-corrected chi connectivity index (χ1v) is 12.5. The van der Waals surface area contributed by atoms with Gasteiger partial charge in [0.05, 0.1) is 12.2 Å². The number of esters is 1. The van der Waals surface area contributed by atoms with Gasteiger partial charge >= 0.3 is 5.97 Å². The third kappa shape index (κ3) is 5.33. The number of nitrogens with one attached hydrogen (secondary N) is 1. The zero-order valence-corrected chi connectivity index (χ0v) is 21.7. The van der Waals surface area contributed by atoms with E-state index in [9.17, 15) is 4.79 Å². The Morgan fingerprint density at radius 3 is 2.58 bits per heavy atom. The number of hydrogen-bond acceptors (Lipinski definition) is 8. The molecule has 194 valence electrons. The van der Waals surface area contributed by atoms with Gasteiger partial charge < -0.3 is 19.5 Å². The first-order valence-electron chi connectivity index (χ1n) is 12.1. The molecule has 1 aromatic heterocycles. The standard InChI is InChI=1S/C28H26ClN5O4/c1-3-36-24-15-20(13-14-23(24)37-17-21-11-7-8-12-22(21)29)26-25(18(2)30-28-31-32-33-34(26)28)27(35)38-16-19-9-5-4-6-10-19/h4-15,26H,3,16-17H2,1-2H3,(H,30,31,33). The molecule has 0 aliphatic carbocycles. The van der Waals surface area contributed by atoms with Crippen LogP contribution in [-0.2, 0) is 22.7 Å². The summed E-state index contributed by atoms with van der Waals surface area (Å²) in [4.78, 5) is 13.4. The van der Waals surface area contributed by atoms with Gasteiger partial charge in [-0.15, -0.1) is 0 Å². The number of tetrazole rings is 1. The van der Waals surface area contributed by atoms with E-state index in [1.165, 1.54) is 0 Å². The van der Waals surface area contributed by atoms with Crippen LogP contribution < -0.4 is 14.8 Å². The SMILES string of the molecule is CCOc1cc(C2C(C(=O)OCc3ccccc3)=C(C)Nc3nnnn32)ccc1OCc1ccccc1Cl. The molecule has 1 aliphatic rings. The molecule has 3 aromatic carbocycles. The van der Waals surface area contributed by atoms with Crippen LogP contribution in [0, 0.1) is 0 Å². The second kappa shape index (κ2) is 11.4. The number of ether oxygens (including phenoxy) is 3. The Labute approximate surface area is 225 Å². The zero-order chi connectivity index (χ0) is 26.5. The van der Waals surface area contributed by atoms with E-state index >= 15 is 0 Å². The minimum absolute atomic E-state index is 0.144. The van der Waals surface area contributed by atoms with E-state index in [-0.39, 0.29) is 13.2 Å². The molecule has 38 heavy (non-hydrogen) atoms. The summed E-state index contributed by atoms with van der Waals surface area (Å²) in [5.41, 5.74) is 3.49. The molecule has 5 rings (SSSR count). The Morgan fingerprint density at radius 2 is 1.79 bits per heavy atom. The van der Waals surface area contributed by atoms with E-state index in [2.05, 4.69) is 20.8 Å². The van der Waals surface area contributed by atoms with Gasteiger partial charge in [0.1, 0.15) is 19.3 Å². The summed E-state index contributed by atoms with van der Waals surface area (Å²) in [5, 5.41) is 15.7. The molecule has 9 nitrogen and oxygen atoms in total. The minimum atomic E-state index is -0.638. The highest BCUT2D eigenvalue weighted by molar-refractivity contribution is 6.31. The first-order chi connectivity index (χ1) is 18.5. The highest BCUT2D eigenvalue weighted by atomic mass is 35.5. The molecule has 0 spiro atoms. The molecule has 1 atom stereocenters. The third-order valence-corrected chi connectivity index (χ3v) is 6.44. The average molecular weight is 532 g/mol. The maximum atomic E-state index is 13.4. The third-order valence-electron chi connectivity index (χ3n) is 6.07. The van der Waals surface area contributed by atoms with Crippen LogP contribution in [0.5, 0.6) is 11.5 Å². The largest absolute Gasteiger partial charge is 0.490 e. The van der Waals surface area contributed by atoms with Crippen LogP contribution in [0.3, 0.4) is 0 Å². The lowest BCUT2D eigenvalue weighted by Gasteiger charge is -2.28. The van der Waals surface area contributed by atoms with Crippen molar-refractivity contribution in [1.29, 1.82) is 0 Å². The van der Waals surface area contributed by atoms with Crippen molar-refractivity contribution >= 4 is 23.5 Å². The van der Waals surface area contributed by atoms with Crippen molar-refractivity contribution in [1.82, 2.24) is 20.2 Å². The predicted octanol–water partition coefficient (Wildman–Crippen LogP) is 5.34. The Morgan fingerprint density at radius 1 is 1.00 bits per heavy atom. The van der Waals surface area contributed by atoms with E-state index in [4.69, 9.17) is 25.8 Å². The number of anilines is 1. The summed E-state index contributed by atoms with van der Waals surface area (Å²) in [7, 11) is 0. The topological polar surface area (TPSA) is 100 Å². The van der Waals surface area contributed by atoms with Crippen LogP contribution in [-0.4, -0.2) is 32.8 Å². The lowest BCUT2D eigenvalue weighted by Crippen LogP contribution is -2.29. The molecule has 1 unspecified atom stereocenters. The number of aromatic nitrogens is 4. The van der Waals surface area contributed by atoms with Gasteiger partial charge in [0.2, 0.25) is 5.95 Å². The monoisotopic (exact) mass is 531 g/mol. The predicted molar refractivity (Wildman–Crippen MR) is 142 cm³/mol. The number of benzene rings is 3. The molecule has 1 N–H and O–H groups in total. The molecule has 1 aliphatic heterocycles. The van der Waals surface area contributed by atoms with Crippen molar-refractivity contribution < 1.29 is 19.0 Å². The Kier molecular flexibility index (Phi) is 7.55. The number of rotatable bonds is 9. The summed E-state index contributed by atoms with van der Waals surface area (Å²) in [5.74, 6) is 1.03. The van der Waals surface area contributed by atoms with E-state index < -0.39 is 12.0 Å². The number of halogens is 1. The molecule has 0 fully saturated rings. The second-order valence-electron chi connectivity index (χ2n) is 8.59. The van der Waals surface area contributed by atoms with Gasteiger partial charge in [-0.05, 0) is 53.6 Å². The minimum Gasteiger partial charge on any atom is -0.490 e. The molecule has 0 radical (unpaired) electrons. The van der Waals surface area contributed by atoms with Gasteiger partial charge in [0.25, 0.3) is 0 Å². The van der Waals surface area contributed by atoms with Gasteiger partial charge in [-0.25, -0.2) is 4.79 Å². The van der Waals surface area contributed by atoms with Gasteiger partial charge in [-0.1, -0.05) is 71.3 Å². The van der Waals surface area contributed by atoms with E-state index in [0.29, 0.717) is 40.3 Å². The fraction of sp³-hybridized carbons (Fsp3) is 0.214. The summed E-state index contributed by atoms with van der Waals surface area (Å²) < 4.78 is 19.2. The average Bonchev–Trinajstić information content (AvgIpc) is 3.40. The second-order valence-corrected chi connectivity index (χ2v) is 9.00. The lowest BCUT2D eigenvalue weighted by molar-refractivity contribution is -0.140. The molecule has 0 saturated heterocycles. The summed E-state index contributed by atoms with van der Waals surface area (Å²) in [6.45, 7) is 4.54. The van der Waals surface area contributed by atoms with Crippen LogP contribution in [0.4, 0.5) is 5.95 Å². The Bertz CT molecular complexity index is 1470. The smallest absolute Gasteiger partial charge is 0.338 e. The van der Waals surface area contributed by atoms with Crippen molar-refractivity contribution in [2.75, 3.05) is 11.9 Å². The maximum Gasteiger partial charge on any atom is 0.338 e. The van der Waals surface area contributed by atoms with E-state index in [0.717, 1.165) is 16.7 Å². The van der Waals surface area contributed by atoms with Crippen LogP contribution >= 0.6 is 11.6 Å². The van der Waals surface area contributed by atoms with Crippen LogP contribution in [0.2, 0.25) is 5.02 Å². The lowest BCUT2D eigenvalue weighted by atomic mass is 9.95. The number of allylic oxidation sites excluding steroid dienone is 1. The summed E-state index contributed by atoms with van der Waals surface area (Å²) in [6, 6.07) is 21.9. The van der Waals surface area contributed by atoms with Gasteiger partial charge in [0.15, 0.2) is 11.5 Å². The van der Waals surface area contributed by atoms with Crippen LogP contribution in [0.1, 0.15) is 36.6 Å². The Hall–Kier alpha value is -4.37. The Balaban J connectivity index is 1.46. The highest BCUT2D eigenvalue weighted by Gasteiger charge is 2.35. The van der Waals surface area contributed by atoms with E-state index in [1.54, 1.807) is 11.6 Å². The number of hydrogen-bond donors (Lipinski definition) is 1. The molecular weight excluding hydrogens is 506 g/mol. The molecular formula is C28H26ClN5O4. The normalized spacial score (nSPS) is 14.4. The van der Waals surface area contributed by atoms with Crippen molar-refractivity contribution in [2.24, 2.45) is 0 Å². The molecule has 0 bridgehead atoms. The van der Waals surface area contributed by atoms with Crippen LogP contribution in [0.25, 0.3) is 0 Å². The highest BCUT2D eigenvalue weighted by Crippen LogP contribution is 2.39. The fourth-order valence-electron chi connectivity index (χ4n) is 4.24. The van der Waals surface area contributed by atoms with Gasteiger partial charge in [-0.2, -0.15) is 4.68 Å². The van der Waals surface area contributed by atoms with Crippen molar-refractivity contribution in [3.63, 3.8) is 0 Å². The van der Waals surface area contributed by atoms with Gasteiger partial charge in [-0.3, -0.25) is 0 Å². The summed E-state index contributed by atoms with van der Waals surface area (Å²) in [6.07, 6.45) is 0. The number of carbonyl (C=O) groups is 1. The first kappa shape index (κ1) is 25.3. The van der Waals surface area contributed by atoms with Crippen molar-refractivity contribution in [2.45, 2.75) is 33.1 Å². The van der Waals surface area contributed by atoms with Crippen molar-refractivity contribution in [3.8, 4) is 11.5 Å². The number of carbonyl (C=O) groups excluding carboxylic acids is 1. The molecule has 4 aromatic rings. The van der Waals surface area contributed by atoms with Crippen molar-refractivity contribution in [3.05, 3.63) is 106 Å². The fourth-order valence-corrected chi connectivity index (χ4v) is 4.43. The molecule has 2 heterocycles. The molecule has 10 heteroatoms. The molecule has 0 amide bonds. The molecule has 0 saturated carbocycles. The maximum absolute atomic E-state index is 13.4. The van der Waals surface area contributed by atoms with Gasteiger partial charge in [0, 0.05) is 16.3 Å². The van der Waals surface area contributed by atoms with E-state index in [1.807, 2.05) is 79.7 Å². The number of fused-ring (bicyclic) bond motifs is 1. The zero-order valence-electron chi connectivity index (χ0n) is 20.9. The quantitative estimate of drug-likeness (QED) is 0.289. The number of nitrogens with zero attached hydrogens (tertiary/aromatic N) is 4. The van der Waals surface area contributed by atoms with Crippen LogP contribution in [0.15, 0.2) is 84.1 Å². The summed E-state index contributed by atoms with van der Waals surface area (Å²) >= 11 is 6.29.